The second kappa shape index (κ2) is 11.0. The van der Waals surface area contributed by atoms with Gasteiger partial charge in [-0.2, -0.15) is 4.98 Å². The van der Waals surface area contributed by atoms with Crippen LogP contribution in [0, 0.1) is 5.41 Å². The lowest BCUT2D eigenvalue weighted by Gasteiger charge is -2.32. The van der Waals surface area contributed by atoms with Gasteiger partial charge in [-0.05, 0) is 49.2 Å². The van der Waals surface area contributed by atoms with E-state index in [9.17, 15) is 4.79 Å². The molecule has 1 heterocycles. The van der Waals surface area contributed by atoms with Crippen LogP contribution in [0.2, 0.25) is 0 Å². The van der Waals surface area contributed by atoms with Crippen LogP contribution in [-0.4, -0.2) is 29.9 Å². The SMILES string of the molecule is CCOc1cc(C(C(N)=O)N(Cc2ccccc2)c2ccc(C(=N)N)cc2)cc(OCC)n1. The van der Waals surface area contributed by atoms with Gasteiger partial charge in [0.1, 0.15) is 11.9 Å². The average Bonchev–Trinajstić information content (AvgIpc) is 2.79. The van der Waals surface area contributed by atoms with Gasteiger partial charge in [0.05, 0.1) is 13.2 Å². The van der Waals surface area contributed by atoms with E-state index in [4.69, 9.17) is 26.4 Å². The molecule has 1 atom stereocenters. The number of carbonyl (C=O) groups is 1. The molecule has 0 aliphatic heterocycles. The van der Waals surface area contributed by atoms with Gasteiger partial charge < -0.3 is 25.8 Å². The lowest BCUT2D eigenvalue weighted by Crippen LogP contribution is -2.37. The van der Waals surface area contributed by atoms with Crippen molar-refractivity contribution < 1.29 is 14.3 Å². The van der Waals surface area contributed by atoms with Crippen molar-refractivity contribution >= 4 is 17.4 Å². The van der Waals surface area contributed by atoms with Crippen LogP contribution >= 0.6 is 0 Å². The number of amides is 1. The van der Waals surface area contributed by atoms with Crippen molar-refractivity contribution in [1.82, 2.24) is 4.98 Å². The maximum absolute atomic E-state index is 12.8. The molecule has 0 radical (unpaired) electrons. The number of nitrogens with one attached hydrogen (secondary N) is 1. The lowest BCUT2D eigenvalue weighted by atomic mass is 10.0. The van der Waals surface area contributed by atoms with Gasteiger partial charge in [0.15, 0.2) is 0 Å². The molecule has 33 heavy (non-hydrogen) atoms. The van der Waals surface area contributed by atoms with Crippen molar-refractivity contribution in [3.63, 3.8) is 0 Å². The van der Waals surface area contributed by atoms with Crippen LogP contribution in [-0.2, 0) is 11.3 Å². The number of benzene rings is 2. The minimum atomic E-state index is -0.824. The number of nitrogens with two attached hydrogens (primary N) is 2. The molecular formula is C25H29N5O3. The molecule has 172 valence electrons. The first-order chi connectivity index (χ1) is 15.9. The minimum Gasteiger partial charge on any atom is -0.478 e. The third-order valence-electron chi connectivity index (χ3n) is 4.99. The first-order valence-electron chi connectivity index (χ1n) is 10.7. The van der Waals surface area contributed by atoms with Gasteiger partial charge in [-0.3, -0.25) is 10.2 Å². The average molecular weight is 448 g/mol. The number of carbonyl (C=O) groups excluding carboxylic acids is 1. The monoisotopic (exact) mass is 447 g/mol. The Morgan fingerprint density at radius 2 is 1.55 bits per heavy atom. The number of rotatable bonds is 11. The quantitative estimate of drug-likeness (QED) is 0.305. The number of pyridine rings is 1. The van der Waals surface area contributed by atoms with Crippen molar-refractivity contribution in [2.45, 2.75) is 26.4 Å². The molecule has 1 unspecified atom stereocenters. The molecule has 0 aliphatic carbocycles. The Kier molecular flexibility index (Phi) is 7.86. The smallest absolute Gasteiger partial charge is 0.244 e. The number of hydrogen-bond acceptors (Lipinski definition) is 6. The highest BCUT2D eigenvalue weighted by Crippen LogP contribution is 2.32. The highest BCUT2D eigenvalue weighted by Gasteiger charge is 2.28. The number of nitrogens with zero attached hydrogens (tertiary/aromatic N) is 2. The van der Waals surface area contributed by atoms with E-state index in [0.717, 1.165) is 11.3 Å². The zero-order chi connectivity index (χ0) is 23.8. The summed E-state index contributed by atoms with van der Waals surface area (Å²) in [5.74, 6) is 0.157. The second-order valence-corrected chi connectivity index (χ2v) is 7.32. The summed E-state index contributed by atoms with van der Waals surface area (Å²) < 4.78 is 11.2. The molecule has 0 bridgehead atoms. The Bertz CT molecular complexity index is 1060. The predicted octanol–water partition coefficient (Wildman–Crippen LogP) is 3.40. The van der Waals surface area contributed by atoms with Gasteiger partial charge in [-0.25, -0.2) is 0 Å². The Morgan fingerprint density at radius 1 is 0.970 bits per heavy atom. The van der Waals surface area contributed by atoms with Crippen LogP contribution < -0.4 is 25.8 Å². The molecule has 2 aromatic carbocycles. The molecule has 0 aliphatic rings. The summed E-state index contributed by atoms with van der Waals surface area (Å²) in [4.78, 5) is 19.1. The van der Waals surface area contributed by atoms with Crippen molar-refractivity contribution in [3.05, 3.63) is 83.4 Å². The summed E-state index contributed by atoms with van der Waals surface area (Å²) in [5.41, 5.74) is 14.5. The molecule has 0 saturated carbocycles. The van der Waals surface area contributed by atoms with E-state index in [1.807, 2.05) is 61.2 Å². The van der Waals surface area contributed by atoms with Crippen LogP contribution in [0.15, 0.2) is 66.7 Å². The second-order valence-electron chi connectivity index (χ2n) is 7.32. The van der Waals surface area contributed by atoms with E-state index in [-0.39, 0.29) is 5.84 Å². The molecule has 3 aromatic rings. The van der Waals surface area contributed by atoms with E-state index in [0.29, 0.717) is 42.6 Å². The summed E-state index contributed by atoms with van der Waals surface area (Å²) in [6.45, 7) is 4.98. The molecule has 0 fully saturated rings. The molecule has 1 amide bonds. The van der Waals surface area contributed by atoms with Gasteiger partial charge in [0, 0.05) is 29.9 Å². The normalized spacial score (nSPS) is 11.5. The van der Waals surface area contributed by atoms with E-state index >= 15 is 0 Å². The summed E-state index contributed by atoms with van der Waals surface area (Å²) in [6, 6.07) is 19.5. The Morgan fingerprint density at radius 3 is 2.03 bits per heavy atom. The Balaban J connectivity index is 2.12. The summed E-state index contributed by atoms with van der Waals surface area (Å²) >= 11 is 0. The number of aromatic nitrogens is 1. The molecule has 1 aromatic heterocycles. The first kappa shape index (κ1) is 23.6. The lowest BCUT2D eigenvalue weighted by molar-refractivity contribution is -0.119. The largest absolute Gasteiger partial charge is 0.478 e. The Labute approximate surface area is 193 Å². The van der Waals surface area contributed by atoms with Crippen LogP contribution in [0.5, 0.6) is 11.8 Å². The van der Waals surface area contributed by atoms with E-state index < -0.39 is 11.9 Å². The highest BCUT2D eigenvalue weighted by atomic mass is 16.5. The van der Waals surface area contributed by atoms with E-state index in [1.165, 1.54) is 0 Å². The molecule has 0 spiro atoms. The number of ether oxygens (including phenoxy) is 2. The molecule has 3 rings (SSSR count). The maximum Gasteiger partial charge on any atom is 0.244 e. The maximum atomic E-state index is 12.8. The van der Waals surface area contributed by atoms with Crippen LogP contribution in [0.1, 0.15) is 36.6 Å². The third-order valence-corrected chi connectivity index (χ3v) is 4.99. The molecule has 8 heteroatoms. The van der Waals surface area contributed by atoms with Crippen molar-refractivity contribution in [2.24, 2.45) is 11.5 Å². The number of amidine groups is 1. The van der Waals surface area contributed by atoms with Crippen LogP contribution in [0.4, 0.5) is 5.69 Å². The van der Waals surface area contributed by atoms with Crippen LogP contribution in [0.25, 0.3) is 0 Å². The fourth-order valence-electron chi connectivity index (χ4n) is 3.54. The predicted molar refractivity (Wildman–Crippen MR) is 129 cm³/mol. The number of primary amides is 1. The van der Waals surface area contributed by atoms with E-state index in [2.05, 4.69) is 4.98 Å². The first-order valence-corrected chi connectivity index (χ1v) is 10.7. The molecule has 5 N–H and O–H groups in total. The number of hydrogen-bond donors (Lipinski definition) is 3. The van der Waals surface area contributed by atoms with E-state index in [1.54, 1.807) is 24.3 Å². The zero-order valence-corrected chi connectivity index (χ0v) is 18.8. The number of anilines is 1. The fraction of sp³-hybridized carbons (Fsp3) is 0.240. The fourth-order valence-corrected chi connectivity index (χ4v) is 3.54. The number of nitrogen functional groups attached to an aromatic ring is 1. The highest BCUT2D eigenvalue weighted by molar-refractivity contribution is 5.95. The molecular weight excluding hydrogens is 418 g/mol. The third kappa shape index (κ3) is 6.00. The topological polar surface area (TPSA) is 128 Å². The van der Waals surface area contributed by atoms with Gasteiger partial charge in [0.2, 0.25) is 17.7 Å². The van der Waals surface area contributed by atoms with Crippen molar-refractivity contribution in [1.29, 1.82) is 5.41 Å². The van der Waals surface area contributed by atoms with Gasteiger partial charge in [-0.15, -0.1) is 0 Å². The van der Waals surface area contributed by atoms with Gasteiger partial charge in [-0.1, -0.05) is 30.3 Å². The minimum absolute atomic E-state index is 0.0283. The summed E-state index contributed by atoms with van der Waals surface area (Å²) in [5, 5.41) is 7.66. The summed E-state index contributed by atoms with van der Waals surface area (Å²) in [6.07, 6.45) is 0. The molecule has 0 saturated heterocycles. The Hall–Kier alpha value is -4.07. The standard InChI is InChI=1S/C25H29N5O3/c1-3-32-21-14-19(15-22(29-21)33-4-2)23(25(28)31)30(16-17-8-6-5-7-9-17)20-12-10-18(11-13-20)24(26)27/h5-15,23H,3-4,16H2,1-2H3,(H3,26,27)(H2,28,31). The van der Waals surface area contributed by atoms with Crippen LogP contribution in [0.3, 0.4) is 0 Å². The van der Waals surface area contributed by atoms with Gasteiger partial charge >= 0.3 is 0 Å². The molecule has 8 nitrogen and oxygen atoms in total. The van der Waals surface area contributed by atoms with Crippen molar-refractivity contribution in [3.8, 4) is 11.8 Å². The van der Waals surface area contributed by atoms with Crippen molar-refractivity contribution in [2.75, 3.05) is 18.1 Å². The van der Waals surface area contributed by atoms with Gasteiger partial charge in [0.25, 0.3) is 0 Å². The zero-order valence-electron chi connectivity index (χ0n) is 18.8. The summed E-state index contributed by atoms with van der Waals surface area (Å²) in [7, 11) is 0.